The van der Waals surface area contributed by atoms with Gasteiger partial charge in [0.05, 0.1) is 5.02 Å². The molecule has 1 amide bonds. The molecule has 194 valence electrons. The number of carbonyl (C=O) groups excluding carboxylic acids is 1. The zero-order valence-electron chi connectivity index (χ0n) is 18.6. The topological polar surface area (TPSA) is 48.7 Å². The van der Waals surface area contributed by atoms with Crippen LogP contribution in [0.4, 0.5) is 23.2 Å². The second-order valence-electron chi connectivity index (χ2n) is 7.85. The molecule has 3 aromatic rings. The Kier molecular flexibility index (Phi) is 8.33. The van der Waals surface area contributed by atoms with Crippen LogP contribution < -0.4 is 10.2 Å². The third kappa shape index (κ3) is 5.87. The first-order valence-electron chi connectivity index (χ1n) is 10.7. The predicted molar refractivity (Wildman–Crippen MR) is 139 cm³/mol. The van der Waals surface area contributed by atoms with E-state index in [1.54, 1.807) is 35.2 Å². The van der Waals surface area contributed by atoms with Crippen LogP contribution >= 0.6 is 47.0 Å². The zero-order chi connectivity index (χ0) is 26.9. The third-order valence-corrected chi connectivity index (χ3v) is 6.76. The fourth-order valence-corrected chi connectivity index (χ4v) is 4.62. The van der Waals surface area contributed by atoms with E-state index in [1.807, 2.05) is 0 Å². The molecule has 0 unspecified atom stereocenters. The monoisotopic (exact) mass is 591 g/mol. The normalized spacial score (nSPS) is 13.9. The van der Waals surface area contributed by atoms with Gasteiger partial charge in [-0.15, -0.1) is 0 Å². The van der Waals surface area contributed by atoms with E-state index < -0.39 is 39.9 Å². The van der Waals surface area contributed by atoms with Crippen molar-refractivity contribution in [3.63, 3.8) is 0 Å². The molecule has 0 radical (unpaired) electrons. The van der Waals surface area contributed by atoms with Gasteiger partial charge in [0.25, 0.3) is 0 Å². The summed E-state index contributed by atoms with van der Waals surface area (Å²) in [4.78, 5) is 15.1. The minimum absolute atomic E-state index is 0.0113. The van der Waals surface area contributed by atoms with Crippen molar-refractivity contribution in [3.8, 4) is 11.3 Å². The summed E-state index contributed by atoms with van der Waals surface area (Å²) in [7, 11) is 0. The fourth-order valence-electron chi connectivity index (χ4n) is 3.66. The summed E-state index contributed by atoms with van der Waals surface area (Å²) in [6.07, 6.45) is 2.66. The standard InChI is InChI=1S/C24H16Cl3F4N3O2S/c25-12-1-4-14(15(26)11-12)16-5-2-13(36-16)3-6-17(35)32-24(37)34-9-7-33(8-10-34)23-21(30)19(28)18(27)20(29)22(23)31/h1-6,11H,7-10H2,(H,32,35,37)/b6-3+. The molecule has 1 aliphatic rings. The Morgan fingerprint density at radius 1 is 0.946 bits per heavy atom. The van der Waals surface area contributed by atoms with Crippen LogP contribution in [-0.2, 0) is 4.79 Å². The van der Waals surface area contributed by atoms with Crippen molar-refractivity contribution in [2.24, 2.45) is 0 Å². The third-order valence-electron chi connectivity index (χ3n) is 5.52. The number of rotatable bonds is 4. The summed E-state index contributed by atoms with van der Waals surface area (Å²) >= 11 is 22.6. The van der Waals surface area contributed by atoms with Crippen molar-refractivity contribution in [3.05, 3.63) is 80.5 Å². The second-order valence-corrected chi connectivity index (χ2v) is 9.45. The molecule has 13 heteroatoms. The number of hydrogen-bond donors (Lipinski definition) is 1. The number of furan rings is 1. The van der Waals surface area contributed by atoms with Gasteiger partial charge in [-0.05, 0) is 48.6 Å². The van der Waals surface area contributed by atoms with Gasteiger partial charge in [0, 0.05) is 42.8 Å². The number of anilines is 1. The summed E-state index contributed by atoms with van der Waals surface area (Å²) in [5.74, 6) is -6.12. The average molecular weight is 593 g/mol. The molecular weight excluding hydrogens is 577 g/mol. The summed E-state index contributed by atoms with van der Waals surface area (Å²) < 4.78 is 61.8. The average Bonchev–Trinajstić information content (AvgIpc) is 3.34. The van der Waals surface area contributed by atoms with Crippen LogP contribution in [0.5, 0.6) is 0 Å². The number of thiocarbonyl (C=S) groups is 1. The highest BCUT2D eigenvalue weighted by Gasteiger charge is 2.30. The first-order chi connectivity index (χ1) is 17.6. The molecule has 2 heterocycles. The van der Waals surface area contributed by atoms with E-state index in [2.05, 4.69) is 5.32 Å². The van der Waals surface area contributed by atoms with Crippen molar-refractivity contribution in [1.29, 1.82) is 0 Å². The number of halogens is 7. The number of piperazine rings is 1. The van der Waals surface area contributed by atoms with E-state index in [0.29, 0.717) is 27.1 Å². The molecule has 1 aromatic heterocycles. The highest BCUT2D eigenvalue weighted by atomic mass is 35.5. The molecule has 4 rings (SSSR count). The molecule has 0 aliphatic carbocycles. The van der Waals surface area contributed by atoms with Gasteiger partial charge in [-0.3, -0.25) is 10.1 Å². The van der Waals surface area contributed by atoms with E-state index in [1.165, 1.54) is 12.2 Å². The minimum atomic E-state index is -1.66. The molecule has 0 saturated carbocycles. The smallest absolute Gasteiger partial charge is 0.250 e. The van der Waals surface area contributed by atoms with Crippen LogP contribution in [0.3, 0.4) is 0 Å². The quantitative estimate of drug-likeness (QED) is 0.120. The summed E-state index contributed by atoms with van der Waals surface area (Å²) in [5.41, 5.74) is -0.200. The summed E-state index contributed by atoms with van der Waals surface area (Å²) in [5, 5.41) is 2.27. The van der Waals surface area contributed by atoms with Crippen LogP contribution in [-0.4, -0.2) is 42.1 Å². The molecule has 5 nitrogen and oxygen atoms in total. The maximum atomic E-state index is 14.2. The van der Waals surface area contributed by atoms with Gasteiger partial charge in [0.1, 0.15) is 22.2 Å². The van der Waals surface area contributed by atoms with Crippen LogP contribution in [0.15, 0.2) is 40.8 Å². The lowest BCUT2D eigenvalue weighted by Gasteiger charge is -2.37. The van der Waals surface area contributed by atoms with Gasteiger partial charge < -0.3 is 14.2 Å². The van der Waals surface area contributed by atoms with E-state index in [4.69, 9.17) is 51.4 Å². The molecule has 0 bridgehead atoms. The van der Waals surface area contributed by atoms with Crippen molar-refractivity contribution in [1.82, 2.24) is 10.2 Å². The first-order valence-corrected chi connectivity index (χ1v) is 12.2. The molecule has 0 atom stereocenters. The Bertz CT molecular complexity index is 1380. The van der Waals surface area contributed by atoms with Crippen LogP contribution in [0.25, 0.3) is 17.4 Å². The van der Waals surface area contributed by atoms with E-state index in [-0.39, 0.29) is 31.3 Å². The SMILES string of the molecule is O=C(/C=C/c1ccc(-c2ccc(Cl)cc2Cl)o1)NC(=S)N1CCN(c2c(F)c(F)c(Cl)c(F)c2F)CC1. The van der Waals surface area contributed by atoms with Crippen LogP contribution in [0.2, 0.25) is 15.1 Å². The van der Waals surface area contributed by atoms with E-state index in [9.17, 15) is 22.4 Å². The maximum Gasteiger partial charge on any atom is 0.250 e. The summed E-state index contributed by atoms with van der Waals surface area (Å²) in [6.45, 7) is 0.249. The number of nitrogens with one attached hydrogen (secondary N) is 1. The lowest BCUT2D eigenvalue weighted by atomic mass is 10.2. The van der Waals surface area contributed by atoms with Gasteiger partial charge >= 0.3 is 0 Å². The molecule has 0 spiro atoms. The number of hydrogen-bond acceptors (Lipinski definition) is 4. The van der Waals surface area contributed by atoms with Gasteiger partial charge in [-0.25, -0.2) is 17.6 Å². The largest absolute Gasteiger partial charge is 0.457 e. The van der Waals surface area contributed by atoms with E-state index in [0.717, 1.165) is 4.90 Å². The van der Waals surface area contributed by atoms with Crippen molar-refractivity contribution in [2.75, 3.05) is 31.1 Å². The Hall–Kier alpha value is -2.79. The minimum Gasteiger partial charge on any atom is -0.457 e. The number of carbonyl (C=O) groups is 1. The number of benzene rings is 2. The lowest BCUT2D eigenvalue weighted by Crippen LogP contribution is -2.53. The molecule has 1 N–H and O–H groups in total. The predicted octanol–water partition coefficient (Wildman–Crippen LogP) is 6.70. The molecule has 37 heavy (non-hydrogen) atoms. The Labute approximate surface area is 229 Å². The van der Waals surface area contributed by atoms with Crippen LogP contribution in [0.1, 0.15) is 5.76 Å². The molecule has 1 fully saturated rings. The lowest BCUT2D eigenvalue weighted by molar-refractivity contribution is -0.115. The highest BCUT2D eigenvalue weighted by molar-refractivity contribution is 7.80. The first kappa shape index (κ1) is 27.3. The van der Waals surface area contributed by atoms with Crippen molar-refractivity contribution < 1.29 is 26.8 Å². The van der Waals surface area contributed by atoms with Gasteiger partial charge in [0.2, 0.25) is 5.91 Å². The molecular formula is C24H16Cl3F4N3O2S. The van der Waals surface area contributed by atoms with Gasteiger partial charge in [0.15, 0.2) is 28.4 Å². The van der Waals surface area contributed by atoms with Crippen molar-refractivity contribution >= 4 is 69.8 Å². The second kappa shape index (κ2) is 11.3. The van der Waals surface area contributed by atoms with Crippen LogP contribution in [0, 0.1) is 23.3 Å². The zero-order valence-corrected chi connectivity index (χ0v) is 21.7. The molecule has 2 aromatic carbocycles. The Morgan fingerprint density at radius 3 is 2.22 bits per heavy atom. The highest BCUT2D eigenvalue weighted by Crippen LogP contribution is 2.34. The Morgan fingerprint density at radius 2 is 1.59 bits per heavy atom. The summed E-state index contributed by atoms with van der Waals surface area (Å²) in [6, 6.07) is 8.32. The maximum absolute atomic E-state index is 14.2. The van der Waals surface area contributed by atoms with Gasteiger partial charge in [-0.1, -0.05) is 34.8 Å². The Balaban J connectivity index is 1.33. The molecule has 1 aliphatic heterocycles. The molecule has 1 saturated heterocycles. The fraction of sp³-hybridized carbons (Fsp3) is 0.167. The van der Waals surface area contributed by atoms with E-state index >= 15 is 0 Å². The van der Waals surface area contributed by atoms with Gasteiger partial charge in [-0.2, -0.15) is 0 Å². The number of nitrogens with zero attached hydrogens (tertiary/aromatic N) is 2. The van der Waals surface area contributed by atoms with Crippen molar-refractivity contribution in [2.45, 2.75) is 0 Å². The number of amides is 1.